The number of anilines is 1. The van der Waals surface area contributed by atoms with Gasteiger partial charge in [-0.1, -0.05) is 35.9 Å². The van der Waals surface area contributed by atoms with Gasteiger partial charge in [-0.05, 0) is 31.9 Å². The van der Waals surface area contributed by atoms with Gasteiger partial charge in [-0.25, -0.2) is 0 Å². The number of aliphatic carboxylic acids is 1. The number of amides is 1. The molecule has 1 aromatic carbocycles. The third kappa shape index (κ3) is 2.05. The van der Waals surface area contributed by atoms with Crippen molar-refractivity contribution in [2.45, 2.75) is 38.0 Å². The van der Waals surface area contributed by atoms with Crippen molar-refractivity contribution in [1.29, 1.82) is 0 Å². The van der Waals surface area contributed by atoms with Gasteiger partial charge in [0, 0.05) is 17.6 Å². The third-order valence-electron chi connectivity index (χ3n) is 5.61. The van der Waals surface area contributed by atoms with Crippen LogP contribution in [0.2, 0.25) is 0 Å². The molecule has 0 aromatic heterocycles. The van der Waals surface area contributed by atoms with E-state index in [9.17, 15) is 14.7 Å². The summed E-state index contributed by atoms with van der Waals surface area (Å²) in [5.74, 6) is -3.13. The Morgan fingerprint density at radius 2 is 2.12 bits per heavy atom. The number of benzene rings is 1. The molecule has 0 aliphatic carbocycles. The fourth-order valence-electron chi connectivity index (χ4n) is 4.62. The molecule has 0 radical (unpaired) electrons. The van der Waals surface area contributed by atoms with Crippen molar-refractivity contribution >= 4 is 17.6 Å². The standard InChI is InChI=1S/C20H21NO4/c1-11(2)10-15-20-9-8-14(25-20)16(19(23)24)17(20)18(22)21(15)13-7-5-4-6-12(13)3/h4-9,14-17H,1,10H2,2-3H3,(H,23,24)/p-1/t14-,15-,16+,17-,20+/m0/s1. The van der Waals surface area contributed by atoms with Gasteiger partial charge in [-0.3, -0.25) is 4.79 Å². The number of carboxylic acids is 1. The van der Waals surface area contributed by atoms with Gasteiger partial charge in [-0.2, -0.15) is 0 Å². The van der Waals surface area contributed by atoms with E-state index < -0.39 is 29.5 Å². The second-order valence-corrected chi connectivity index (χ2v) is 7.29. The molecule has 3 aliphatic heterocycles. The maximum atomic E-state index is 13.3. The van der Waals surface area contributed by atoms with E-state index in [0.29, 0.717) is 6.42 Å². The zero-order chi connectivity index (χ0) is 17.9. The van der Waals surface area contributed by atoms with Crippen LogP contribution in [-0.2, 0) is 14.3 Å². The first-order chi connectivity index (χ1) is 11.9. The van der Waals surface area contributed by atoms with Crippen LogP contribution in [0.4, 0.5) is 5.69 Å². The molecule has 2 saturated heterocycles. The number of para-hydroxylation sites is 1. The fourth-order valence-corrected chi connectivity index (χ4v) is 4.62. The summed E-state index contributed by atoms with van der Waals surface area (Å²) in [4.78, 5) is 26.7. The number of carbonyl (C=O) groups is 2. The average molecular weight is 338 g/mol. The van der Waals surface area contributed by atoms with Crippen LogP contribution >= 0.6 is 0 Å². The van der Waals surface area contributed by atoms with Gasteiger partial charge in [0.1, 0.15) is 5.60 Å². The number of rotatable bonds is 4. The quantitative estimate of drug-likeness (QED) is 0.778. The number of aryl methyl sites for hydroxylation is 1. The highest BCUT2D eigenvalue weighted by molar-refractivity contribution is 6.03. The monoisotopic (exact) mass is 338 g/mol. The zero-order valence-electron chi connectivity index (χ0n) is 14.3. The Balaban J connectivity index is 1.87. The van der Waals surface area contributed by atoms with Crippen LogP contribution in [0, 0.1) is 18.8 Å². The smallest absolute Gasteiger partial charge is 0.234 e. The summed E-state index contributed by atoms with van der Waals surface area (Å²) >= 11 is 0. The SMILES string of the molecule is C=C(C)C[C@@H]1N(c2ccccc2C)C(=O)[C@@H]2[C@H](C(=O)[O-])[C@@H]3C=C[C@]21O3. The first kappa shape index (κ1) is 16.1. The Morgan fingerprint density at radius 3 is 2.76 bits per heavy atom. The molecule has 5 atom stereocenters. The minimum atomic E-state index is -1.23. The van der Waals surface area contributed by atoms with Crippen molar-refractivity contribution in [3.05, 3.63) is 54.1 Å². The van der Waals surface area contributed by atoms with E-state index in [4.69, 9.17) is 4.74 Å². The molecule has 2 bridgehead atoms. The van der Waals surface area contributed by atoms with E-state index >= 15 is 0 Å². The van der Waals surface area contributed by atoms with E-state index in [1.165, 1.54) is 0 Å². The number of hydrogen-bond acceptors (Lipinski definition) is 4. The molecule has 2 fully saturated rings. The van der Waals surface area contributed by atoms with Crippen molar-refractivity contribution in [3.8, 4) is 0 Å². The Kier molecular flexibility index (Phi) is 3.41. The van der Waals surface area contributed by atoms with E-state index in [1.54, 1.807) is 11.0 Å². The summed E-state index contributed by atoms with van der Waals surface area (Å²) < 4.78 is 6.10. The van der Waals surface area contributed by atoms with Crippen molar-refractivity contribution in [1.82, 2.24) is 0 Å². The third-order valence-corrected chi connectivity index (χ3v) is 5.61. The number of nitrogens with zero attached hydrogens (tertiary/aromatic N) is 1. The van der Waals surface area contributed by atoms with Gasteiger partial charge in [0.05, 0.1) is 18.1 Å². The molecule has 1 aromatic rings. The normalized spacial score (nSPS) is 35.3. The Hall–Kier alpha value is -2.40. The highest BCUT2D eigenvalue weighted by atomic mass is 16.5. The summed E-state index contributed by atoms with van der Waals surface area (Å²) in [5.41, 5.74) is 1.75. The largest absolute Gasteiger partial charge is 0.550 e. The Bertz CT molecular complexity index is 814. The van der Waals surface area contributed by atoms with E-state index in [-0.39, 0.29) is 11.9 Å². The van der Waals surface area contributed by atoms with Gasteiger partial charge in [0.25, 0.3) is 0 Å². The molecule has 5 heteroatoms. The lowest BCUT2D eigenvalue weighted by molar-refractivity contribution is -0.313. The van der Waals surface area contributed by atoms with Gasteiger partial charge >= 0.3 is 0 Å². The summed E-state index contributed by atoms with van der Waals surface area (Å²) in [6.07, 6.45) is 3.60. The molecule has 4 rings (SSSR count). The highest BCUT2D eigenvalue weighted by Crippen LogP contribution is 2.56. The second-order valence-electron chi connectivity index (χ2n) is 7.29. The van der Waals surface area contributed by atoms with Crippen LogP contribution in [0.5, 0.6) is 0 Å². The van der Waals surface area contributed by atoms with Crippen LogP contribution in [0.25, 0.3) is 0 Å². The van der Waals surface area contributed by atoms with E-state index in [2.05, 4.69) is 6.58 Å². The molecule has 3 aliphatic rings. The number of ether oxygens (including phenoxy) is 1. The van der Waals surface area contributed by atoms with Crippen molar-refractivity contribution in [3.63, 3.8) is 0 Å². The van der Waals surface area contributed by atoms with Crippen LogP contribution < -0.4 is 10.0 Å². The Labute approximate surface area is 146 Å². The van der Waals surface area contributed by atoms with Gasteiger partial charge in [0.2, 0.25) is 5.91 Å². The topological polar surface area (TPSA) is 69.7 Å². The average Bonchev–Trinajstić information content (AvgIpc) is 3.18. The van der Waals surface area contributed by atoms with Crippen LogP contribution in [0.3, 0.4) is 0 Å². The molecule has 1 amide bonds. The lowest BCUT2D eigenvalue weighted by atomic mass is 9.74. The molecular formula is C20H20NO4-. The summed E-state index contributed by atoms with van der Waals surface area (Å²) in [6.45, 7) is 7.84. The lowest BCUT2D eigenvalue weighted by Crippen LogP contribution is -2.46. The maximum Gasteiger partial charge on any atom is 0.234 e. The second kappa shape index (κ2) is 5.30. The van der Waals surface area contributed by atoms with E-state index in [0.717, 1.165) is 16.8 Å². The predicted molar refractivity (Wildman–Crippen MR) is 90.6 cm³/mol. The molecule has 1 spiro atoms. The summed E-state index contributed by atoms with van der Waals surface area (Å²) in [6, 6.07) is 7.31. The Morgan fingerprint density at radius 1 is 1.40 bits per heavy atom. The van der Waals surface area contributed by atoms with Crippen molar-refractivity contribution < 1.29 is 19.4 Å². The number of carbonyl (C=O) groups excluding carboxylic acids is 2. The number of carboxylic acid groups (broad SMARTS) is 1. The van der Waals surface area contributed by atoms with E-state index in [1.807, 2.05) is 44.2 Å². The highest BCUT2D eigenvalue weighted by Gasteiger charge is 2.69. The molecule has 0 N–H and O–H groups in total. The summed E-state index contributed by atoms with van der Waals surface area (Å²) in [5, 5.41) is 11.7. The minimum absolute atomic E-state index is 0.207. The van der Waals surface area contributed by atoms with Gasteiger partial charge in [0.15, 0.2) is 0 Å². The fraction of sp³-hybridized carbons (Fsp3) is 0.400. The number of fused-ring (bicyclic) bond motifs is 1. The first-order valence-electron chi connectivity index (χ1n) is 8.48. The predicted octanol–water partition coefficient (Wildman–Crippen LogP) is 1.37. The van der Waals surface area contributed by atoms with Crippen LogP contribution in [0.1, 0.15) is 18.9 Å². The maximum absolute atomic E-state index is 13.3. The lowest BCUT2D eigenvalue weighted by Gasteiger charge is -2.34. The van der Waals surface area contributed by atoms with Crippen molar-refractivity contribution in [2.24, 2.45) is 11.8 Å². The number of hydrogen-bond donors (Lipinski definition) is 0. The molecule has 3 heterocycles. The van der Waals surface area contributed by atoms with Crippen LogP contribution in [0.15, 0.2) is 48.6 Å². The minimum Gasteiger partial charge on any atom is -0.550 e. The van der Waals surface area contributed by atoms with Crippen molar-refractivity contribution in [2.75, 3.05) is 4.90 Å². The molecule has 0 saturated carbocycles. The first-order valence-corrected chi connectivity index (χ1v) is 8.48. The van der Waals surface area contributed by atoms with Gasteiger partial charge < -0.3 is 19.5 Å². The van der Waals surface area contributed by atoms with Crippen LogP contribution in [-0.4, -0.2) is 29.6 Å². The molecule has 130 valence electrons. The molecular weight excluding hydrogens is 318 g/mol. The molecule has 5 nitrogen and oxygen atoms in total. The van der Waals surface area contributed by atoms with Gasteiger partial charge in [-0.15, -0.1) is 6.58 Å². The summed E-state index contributed by atoms with van der Waals surface area (Å²) in [7, 11) is 0. The molecule has 0 unspecified atom stereocenters. The molecule has 25 heavy (non-hydrogen) atoms. The zero-order valence-corrected chi connectivity index (χ0v) is 14.3.